The van der Waals surface area contributed by atoms with E-state index in [2.05, 4.69) is 15.3 Å². The molecule has 2 aromatic rings. The van der Waals surface area contributed by atoms with Crippen LogP contribution in [0.2, 0.25) is 5.15 Å². The summed E-state index contributed by atoms with van der Waals surface area (Å²) in [6.07, 6.45) is 3.11. The lowest BCUT2D eigenvalue weighted by molar-refractivity contribution is 0.0696. The second kappa shape index (κ2) is 6.81. The summed E-state index contributed by atoms with van der Waals surface area (Å²) >= 11 is 5.59. The second-order valence-corrected chi connectivity index (χ2v) is 4.62. The van der Waals surface area contributed by atoms with Crippen LogP contribution in [0.25, 0.3) is 0 Å². The fraction of sp³-hybridized carbons (Fsp3) is 0.143. The Morgan fingerprint density at radius 2 is 2.05 bits per heavy atom. The normalized spacial score (nSPS) is 10.1. The van der Waals surface area contributed by atoms with Gasteiger partial charge in [-0.15, -0.1) is 0 Å². The van der Waals surface area contributed by atoms with Crippen molar-refractivity contribution in [2.24, 2.45) is 0 Å². The minimum atomic E-state index is -0.975. The lowest BCUT2D eigenvalue weighted by Crippen LogP contribution is -2.26. The number of nitrogens with one attached hydrogen (secondary N) is 1. The van der Waals surface area contributed by atoms with E-state index < -0.39 is 5.97 Å². The maximum Gasteiger partial charge on any atom is 0.335 e. The molecule has 1 amide bonds. The molecule has 0 saturated carbocycles. The van der Waals surface area contributed by atoms with Crippen LogP contribution >= 0.6 is 11.6 Å². The Bertz CT molecular complexity index is 659. The van der Waals surface area contributed by atoms with Crippen molar-refractivity contribution in [3.8, 4) is 0 Å². The summed E-state index contributed by atoms with van der Waals surface area (Å²) in [4.78, 5) is 30.3. The highest BCUT2D eigenvalue weighted by Crippen LogP contribution is 2.06. The van der Waals surface area contributed by atoms with Crippen LogP contribution in [-0.2, 0) is 6.42 Å². The number of rotatable bonds is 5. The van der Waals surface area contributed by atoms with Crippen molar-refractivity contribution < 1.29 is 14.7 Å². The third-order valence-corrected chi connectivity index (χ3v) is 2.92. The number of aromatic carboxylic acids is 1. The minimum Gasteiger partial charge on any atom is -0.478 e. The molecule has 2 N–H and O–H groups in total. The highest BCUT2D eigenvalue weighted by atomic mass is 35.5. The molecule has 1 aromatic heterocycles. The predicted molar refractivity (Wildman–Crippen MR) is 76.5 cm³/mol. The number of benzene rings is 1. The van der Waals surface area contributed by atoms with Crippen molar-refractivity contribution in [2.45, 2.75) is 6.42 Å². The molecule has 0 aliphatic heterocycles. The van der Waals surface area contributed by atoms with Crippen LogP contribution in [0.5, 0.6) is 0 Å². The largest absolute Gasteiger partial charge is 0.478 e. The molecule has 0 saturated heterocycles. The average molecular weight is 306 g/mol. The van der Waals surface area contributed by atoms with Gasteiger partial charge in [-0.05, 0) is 24.1 Å². The van der Waals surface area contributed by atoms with Crippen LogP contribution in [0, 0.1) is 0 Å². The first-order valence-corrected chi connectivity index (χ1v) is 6.52. The predicted octanol–water partition coefficient (Wildman–Crippen LogP) is 1.80. The van der Waals surface area contributed by atoms with E-state index in [1.54, 1.807) is 18.2 Å². The molecule has 2 rings (SSSR count). The fourth-order valence-corrected chi connectivity index (χ4v) is 1.80. The summed E-state index contributed by atoms with van der Waals surface area (Å²) in [5, 5.41) is 11.8. The maximum absolute atomic E-state index is 11.8. The molecule has 108 valence electrons. The van der Waals surface area contributed by atoms with Gasteiger partial charge in [-0.25, -0.2) is 14.8 Å². The van der Waals surface area contributed by atoms with E-state index in [0.29, 0.717) is 13.0 Å². The summed E-state index contributed by atoms with van der Waals surface area (Å²) in [7, 11) is 0. The molecule has 0 unspecified atom stereocenters. The number of hydrogen-bond acceptors (Lipinski definition) is 4. The first kappa shape index (κ1) is 14.9. The van der Waals surface area contributed by atoms with E-state index in [-0.39, 0.29) is 22.3 Å². The molecule has 0 aliphatic rings. The zero-order valence-electron chi connectivity index (χ0n) is 10.9. The van der Waals surface area contributed by atoms with E-state index in [1.165, 1.54) is 18.5 Å². The monoisotopic (exact) mass is 305 g/mol. The quantitative estimate of drug-likeness (QED) is 0.878. The lowest BCUT2D eigenvalue weighted by Gasteiger charge is -2.05. The Kier molecular flexibility index (Phi) is 4.84. The number of halogens is 1. The van der Waals surface area contributed by atoms with Crippen LogP contribution in [-0.4, -0.2) is 33.5 Å². The number of carboxylic acid groups (broad SMARTS) is 1. The Balaban J connectivity index is 1.89. The van der Waals surface area contributed by atoms with E-state index in [4.69, 9.17) is 16.7 Å². The van der Waals surface area contributed by atoms with Crippen molar-refractivity contribution in [1.29, 1.82) is 0 Å². The number of amides is 1. The number of carbonyl (C=O) groups is 2. The van der Waals surface area contributed by atoms with E-state index >= 15 is 0 Å². The number of carboxylic acids is 1. The third-order valence-electron chi connectivity index (χ3n) is 2.73. The molecule has 0 fully saturated rings. The molecule has 0 spiro atoms. The summed E-state index contributed by atoms with van der Waals surface area (Å²) in [5.74, 6) is -1.33. The van der Waals surface area contributed by atoms with Gasteiger partial charge >= 0.3 is 5.97 Å². The topological polar surface area (TPSA) is 92.2 Å². The van der Waals surface area contributed by atoms with Crippen molar-refractivity contribution in [1.82, 2.24) is 15.3 Å². The Labute approximate surface area is 125 Å². The van der Waals surface area contributed by atoms with E-state index in [0.717, 1.165) is 5.56 Å². The lowest BCUT2D eigenvalue weighted by atomic mass is 10.1. The van der Waals surface area contributed by atoms with Gasteiger partial charge in [-0.1, -0.05) is 23.7 Å². The van der Waals surface area contributed by atoms with Crippen LogP contribution in [0.1, 0.15) is 26.4 Å². The Morgan fingerprint density at radius 1 is 1.24 bits per heavy atom. The first-order valence-electron chi connectivity index (χ1n) is 6.14. The summed E-state index contributed by atoms with van der Waals surface area (Å²) < 4.78 is 0. The Hall–Kier alpha value is -2.47. The molecule has 1 heterocycles. The molecule has 6 nitrogen and oxygen atoms in total. The molecule has 1 aromatic carbocycles. The number of aromatic nitrogens is 2. The van der Waals surface area contributed by atoms with Crippen LogP contribution in [0.3, 0.4) is 0 Å². The molecule has 0 bridgehead atoms. The van der Waals surface area contributed by atoms with Gasteiger partial charge in [0, 0.05) is 6.54 Å². The maximum atomic E-state index is 11.8. The van der Waals surface area contributed by atoms with Crippen molar-refractivity contribution >= 4 is 23.5 Å². The Morgan fingerprint density at radius 3 is 2.71 bits per heavy atom. The SMILES string of the molecule is O=C(O)c1cccc(CCNC(=O)c2cnc(Cl)cn2)c1. The summed E-state index contributed by atoms with van der Waals surface area (Å²) in [6.45, 7) is 0.367. The smallest absolute Gasteiger partial charge is 0.335 e. The molecule has 0 atom stereocenters. The highest BCUT2D eigenvalue weighted by Gasteiger charge is 2.07. The summed E-state index contributed by atoms with van der Waals surface area (Å²) in [6, 6.07) is 6.58. The van der Waals surface area contributed by atoms with E-state index in [9.17, 15) is 9.59 Å². The molecule has 21 heavy (non-hydrogen) atoms. The van der Waals surface area contributed by atoms with Gasteiger partial charge in [0.25, 0.3) is 5.91 Å². The number of nitrogens with zero attached hydrogens (tertiary/aromatic N) is 2. The minimum absolute atomic E-state index is 0.179. The number of carbonyl (C=O) groups excluding carboxylic acids is 1. The van der Waals surface area contributed by atoms with Crippen LogP contribution < -0.4 is 5.32 Å². The zero-order valence-corrected chi connectivity index (χ0v) is 11.7. The standard InChI is InChI=1S/C14H12ClN3O3/c15-12-8-17-11(7-18-12)13(19)16-5-4-9-2-1-3-10(6-9)14(20)21/h1-3,6-8H,4-5H2,(H,16,19)(H,20,21). The molecular formula is C14H12ClN3O3. The zero-order chi connectivity index (χ0) is 15.2. The van der Waals surface area contributed by atoms with Gasteiger partial charge in [-0.2, -0.15) is 0 Å². The molecular weight excluding hydrogens is 294 g/mol. The third kappa shape index (κ3) is 4.25. The van der Waals surface area contributed by atoms with Gasteiger partial charge in [0.1, 0.15) is 10.8 Å². The van der Waals surface area contributed by atoms with Gasteiger partial charge in [0.15, 0.2) is 0 Å². The van der Waals surface area contributed by atoms with Crippen LogP contribution in [0.4, 0.5) is 0 Å². The van der Waals surface area contributed by atoms with Gasteiger partial charge in [0.05, 0.1) is 18.0 Å². The van der Waals surface area contributed by atoms with Crippen molar-refractivity contribution in [3.63, 3.8) is 0 Å². The number of hydrogen-bond donors (Lipinski definition) is 2. The second-order valence-electron chi connectivity index (χ2n) is 4.24. The van der Waals surface area contributed by atoms with Gasteiger partial charge in [0.2, 0.25) is 0 Å². The van der Waals surface area contributed by atoms with Crippen LogP contribution in [0.15, 0.2) is 36.7 Å². The molecule has 0 aliphatic carbocycles. The van der Waals surface area contributed by atoms with Gasteiger partial charge in [-0.3, -0.25) is 4.79 Å². The molecule has 0 radical (unpaired) electrons. The summed E-state index contributed by atoms with van der Waals surface area (Å²) in [5.41, 5.74) is 1.23. The van der Waals surface area contributed by atoms with Gasteiger partial charge < -0.3 is 10.4 Å². The average Bonchev–Trinajstić information content (AvgIpc) is 2.48. The van der Waals surface area contributed by atoms with Crippen molar-refractivity contribution in [2.75, 3.05) is 6.54 Å². The van der Waals surface area contributed by atoms with Crippen molar-refractivity contribution in [3.05, 3.63) is 58.6 Å². The highest BCUT2D eigenvalue weighted by molar-refractivity contribution is 6.29. The first-order chi connectivity index (χ1) is 10.1. The van der Waals surface area contributed by atoms with E-state index in [1.807, 2.05) is 0 Å². The fourth-order valence-electron chi connectivity index (χ4n) is 1.70. The molecule has 7 heteroatoms.